The van der Waals surface area contributed by atoms with E-state index in [-0.39, 0.29) is 17.2 Å². The van der Waals surface area contributed by atoms with E-state index < -0.39 is 4.92 Å². The normalized spacial score (nSPS) is 15.6. The Morgan fingerprint density at radius 1 is 1.23 bits per heavy atom. The minimum atomic E-state index is -0.649. The number of nitro groups is 1. The van der Waals surface area contributed by atoms with Crippen molar-refractivity contribution in [3.63, 3.8) is 0 Å². The molecule has 5 nitrogen and oxygen atoms in total. The van der Waals surface area contributed by atoms with Crippen LogP contribution in [0.3, 0.4) is 0 Å². The zero-order valence-corrected chi connectivity index (χ0v) is 12.2. The van der Waals surface area contributed by atoms with Crippen LogP contribution in [0.4, 0.5) is 5.69 Å². The highest BCUT2D eigenvalue weighted by Crippen LogP contribution is 2.34. The molecule has 1 heterocycles. The molecule has 6 heteroatoms. The molecule has 22 heavy (non-hydrogen) atoms. The summed E-state index contributed by atoms with van der Waals surface area (Å²) >= 11 is 1.56. The summed E-state index contributed by atoms with van der Waals surface area (Å²) in [4.78, 5) is 23.6. The third-order valence-corrected chi connectivity index (χ3v) is 4.47. The van der Waals surface area contributed by atoms with Crippen LogP contribution in [0.5, 0.6) is 5.75 Å². The van der Waals surface area contributed by atoms with Gasteiger partial charge in [0, 0.05) is 27.9 Å². The van der Waals surface area contributed by atoms with Crippen molar-refractivity contribution in [2.75, 3.05) is 5.75 Å². The van der Waals surface area contributed by atoms with Gasteiger partial charge in [0.2, 0.25) is 0 Å². The number of nitro benzene ring substituents is 1. The topological polar surface area (TPSA) is 80.4 Å². The van der Waals surface area contributed by atoms with Gasteiger partial charge in [0.25, 0.3) is 0 Å². The number of ketones is 1. The molecule has 0 atom stereocenters. The molecule has 3 rings (SSSR count). The lowest BCUT2D eigenvalue weighted by Crippen LogP contribution is -2.12. The summed E-state index contributed by atoms with van der Waals surface area (Å²) in [6, 6.07) is 11.5. The summed E-state index contributed by atoms with van der Waals surface area (Å²) in [6.07, 6.45) is 1.64. The number of rotatable bonds is 2. The average Bonchev–Trinajstić information content (AvgIpc) is 2.52. The molecule has 1 N–H and O–H groups in total. The molecule has 0 radical (unpaired) electrons. The number of phenols is 1. The van der Waals surface area contributed by atoms with Gasteiger partial charge in [0.15, 0.2) is 11.5 Å². The maximum absolute atomic E-state index is 12.4. The summed E-state index contributed by atoms with van der Waals surface area (Å²) in [5.41, 5.74) is 1.39. The Kier molecular flexibility index (Phi) is 3.68. The third-order valence-electron chi connectivity index (χ3n) is 3.34. The van der Waals surface area contributed by atoms with Gasteiger partial charge in [0.1, 0.15) is 0 Å². The fourth-order valence-corrected chi connectivity index (χ4v) is 3.28. The van der Waals surface area contributed by atoms with Gasteiger partial charge in [-0.15, -0.1) is 11.8 Å². The van der Waals surface area contributed by atoms with Crippen molar-refractivity contribution in [2.45, 2.75) is 4.90 Å². The SMILES string of the molecule is O=C1/C(=C/c2ccc(O)c([N+](=O)[O-])c2)CSc2ccccc21. The number of carbonyl (C=O) groups is 1. The lowest BCUT2D eigenvalue weighted by molar-refractivity contribution is -0.385. The maximum Gasteiger partial charge on any atom is 0.311 e. The van der Waals surface area contributed by atoms with Crippen molar-refractivity contribution in [1.29, 1.82) is 0 Å². The Labute approximate surface area is 130 Å². The monoisotopic (exact) mass is 313 g/mol. The Hall–Kier alpha value is -2.60. The highest BCUT2D eigenvalue weighted by atomic mass is 32.2. The van der Waals surface area contributed by atoms with Gasteiger partial charge in [-0.1, -0.05) is 18.2 Å². The van der Waals surface area contributed by atoms with Crippen LogP contribution in [0.2, 0.25) is 0 Å². The third kappa shape index (κ3) is 2.60. The molecule has 0 aliphatic carbocycles. The summed E-state index contributed by atoms with van der Waals surface area (Å²) in [6.45, 7) is 0. The molecule has 110 valence electrons. The zero-order chi connectivity index (χ0) is 15.7. The second kappa shape index (κ2) is 5.65. The minimum absolute atomic E-state index is 0.0647. The van der Waals surface area contributed by atoms with Crippen LogP contribution in [0.15, 0.2) is 52.9 Å². The number of hydrogen-bond donors (Lipinski definition) is 1. The Balaban J connectivity index is 1.99. The molecule has 0 unspecified atom stereocenters. The van der Waals surface area contributed by atoms with Crippen molar-refractivity contribution >= 4 is 29.3 Å². The first kappa shape index (κ1) is 14.3. The summed E-state index contributed by atoms with van der Waals surface area (Å²) in [5.74, 6) is 0.0664. The molecule has 2 aromatic carbocycles. The first-order chi connectivity index (χ1) is 10.6. The molecule has 0 saturated carbocycles. The highest BCUT2D eigenvalue weighted by molar-refractivity contribution is 7.99. The van der Waals surface area contributed by atoms with E-state index in [2.05, 4.69) is 0 Å². The Bertz CT molecular complexity index is 814. The van der Waals surface area contributed by atoms with E-state index >= 15 is 0 Å². The van der Waals surface area contributed by atoms with Gasteiger partial charge in [-0.25, -0.2) is 0 Å². The number of hydrogen-bond acceptors (Lipinski definition) is 5. The lowest BCUT2D eigenvalue weighted by Gasteiger charge is -2.16. The van der Waals surface area contributed by atoms with Crippen molar-refractivity contribution in [3.8, 4) is 5.75 Å². The Morgan fingerprint density at radius 3 is 2.77 bits per heavy atom. The van der Waals surface area contributed by atoms with Crippen LogP contribution in [0.1, 0.15) is 15.9 Å². The molecular weight excluding hydrogens is 302 g/mol. The first-order valence-corrected chi connectivity index (χ1v) is 7.49. The minimum Gasteiger partial charge on any atom is -0.502 e. The number of thioether (sulfide) groups is 1. The largest absolute Gasteiger partial charge is 0.502 e. The number of benzene rings is 2. The van der Waals surface area contributed by atoms with E-state index in [9.17, 15) is 20.0 Å². The van der Waals surface area contributed by atoms with Gasteiger partial charge in [0.05, 0.1) is 4.92 Å². The molecule has 0 aromatic heterocycles. The molecular formula is C16H11NO4S. The van der Waals surface area contributed by atoms with Crippen LogP contribution in [-0.2, 0) is 0 Å². The quantitative estimate of drug-likeness (QED) is 0.520. The summed E-state index contributed by atoms with van der Waals surface area (Å²) in [7, 11) is 0. The molecule has 1 aliphatic heterocycles. The molecule has 0 fully saturated rings. The fraction of sp³-hybridized carbons (Fsp3) is 0.0625. The number of phenolic OH excluding ortho intramolecular Hbond substituents is 1. The number of carbonyl (C=O) groups excluding carboxylic acids is 1. The van der Waals surface area contributed by atoms with Crippen molar-refractivity contribution in [1.82, 2.24) is 0 Å². The van der Waals surface area contributed by atoms with E-state index in [0.29, 0.717) is 22.5 Å². The molecule has 0 amide bonds. The summed E-state index contributed by atoms with van der Waals surface area (Å²) in [5, 5.41) is 20.3. The van der Waals surface area contributed by atoms with Gasteiger partial charge in [-0.3, -0.25) is 14.9 Å². The van der Waals surface area contributed by atoms with Crippen LogP contribution >= 0.6 is 11.8 Å². The molecule has 0 saturated heterocycles. The number of fused-ring (bicyclic) bond motifs is 1. The number of nitrogens with zero attached hydrogens (tertiary/aromatic N) is 1. The number of aromatic hydroxyl groups is 1. The van der Waals surface area contributed by atoms with Crippen molar-refractivity contribution in [2.24, 2.45) is 0 Å². The predicted octanol–water partition coefficient (Wildman–Crippen LogP) is 3.67. The molecule has 2 aromatic rings. The van der Waals surface area contributed by atoms with Gasteiger partial charge >= 0.3 is 5.69 Å². The lowest BCUT2D eigenvalue weighted by atomic mass is 10.0. The fourth-order valence-electron chi connectivity index (χ4n) is 2.26. The predicted molar refractivity (Wildman–Crippen MR) is 84.2 cm³/mol. The van der Waals surface area contributed by atoms with Crippen LogP contribution in [-0.4, -0.2) is 21.6 Å². The number of Topliss-reactive ketones (excluding diaryl/α,β-unsaturated/α-hetero) is 1. The molecule has 0 bridgehead atoms. The average molecular weight is 313 g/mol. The van der Waals surface area contributed by atoms with Gasteiger partial charge < -0.3 is 5.11 Å². The molecule has 1 aliphatic rings. The highest BCUT2D eigenvalue weighted by Gasteiger charge is 2.22. The van der Waals surface area contributed by atoms with Crippen molar-refractivity contribution < 1.29 is 14.8 Å². The van der Waals surface area contributed by atoms with E-state index in [1.807, 2.05) is 18.2 Å². The van der Waals surface area contributed by atoms with Crippen LogP contribution < -0.4 is 0 Å². The van der Waals surface area contributed by atoms with Crippen LogP contribution in [0.25, 0.3) is 6.08 Å². The molecule has 0 spiro atoms. The van der Waals surface area contributed by atoms with Crippen molar-refractivity contribution in [3.05, 3.63) is 69.3 Å². The smallest absolute Gasteiger partial charge is 0.311 e. The van der Waals surface area contributed by atoms with Crippen LogP contribution in [0, 0.1) is 10.1 Å². The van der Waals surface area contributed by atoms with E-state index in [1.165, 1.54) is 12.1 Å². The standard InChI is InChI=1S/C16H11NO4S/c18-14-6-5-10(8-13(14)17(20)21)7-11-9-22-15-4-2-1-3-12(15)16(11)19/h1-8,18H,9H2/b11-7+. The maximum atomic E-state index is 12.4. The van der Waals surface area contributed by atoms with E-state index in [0.717, 1.165) is 4.90 Å². The second-order valence-corrected chi connectivity index (χ2v) is 5.81. The zero-order valence-electron chi connectivity index (χ0n) is 11.4. The second-order valence-electron chi connectivity index (χ2n) is 4.79. The van der Waals surface area contributed by atoms with E-state index in [4.69, 9.17) is 0 Å². The summed E-state index contributed by atoms with van der Waals surface area (Å²) < 4.78 is 0. The van der Waals surface area contributed by atoms with Gasteiger partial charge in [-0.05, 0) is 29.8 Å². The first-order valence-electron chi connectivity index (χ1n) is 6.51. The van der Waals surface area contributed by atoms with E-state index in [1.54, 1.807) is 30.0 Å². The van der Waals surface area contributed by atoms with Gasteiger partial charge in [-0.2, -0.15) is 0 Å². The Morgan fingerprint density at radius 2 is 2.00 bits per heavy atom.